The van der Waals surface area contributed by atoms with Crippen LogP contribution in [-0.4, -0.2) is 15.5 Å². The van der Waals surface area contributed by atoms with Crippen molar-refractivity contribution in [2.24, 2.45) is 0 Å². The van der Waals surface area contributed by atoms with Crippen molar-refractivity contribution in [1.29, 1.82) is 0 Å². The van der Waals surface area contributed by atoms with E-state index in [4.69, 9.17) is 22.1 Å². The molecule has 0 aromatic heterocycles. The molecule has 0 aliphatic carbocycles. The molecule has 0 atom stereocenters. The fourth-order valence-corrected chi connectivity index (χ4v) is 3.80. The number of hydrogen-bond donors (Lipinski definition) is 1. The number of hydrogen-bond acceptors (Lipinski definition) is 4. The Balaban J connectivity index is 2.16. The zero-order valence-corrected chi connectivity index (χ0v) is 15.2. The second-order valence-electron chi connectivity index (χ2n) is 3.84. The summed E-state index contributed by atoms with van der Waals surface area (Å²) in [5.41, 5.74) is 0.155. The third-order valence-corrected chi connectivity index (χ3v) is 4.64. The van der Waals surface area contributed by atoms with E-state index in [2.05, 4.69) is 31.9 Å². The maximum atomic E-state index is 11.0. The van der Waals surface area contributed by atoms with Gasteiger partial charge in [-0.2, -0.15) is 0 Å². The third-order valence-electron chi connectivity index (χ3n) is 2.38. The first-order chi connectivity index (χ1) is 9.97. The van der Waals surface area contributed by atoms with Gasteiger partial charge in [-0.1, -0.05) is 18.2 Å². The number of aromatic carboxylic acids is 1. The van der Waals surface area contributed by atoms with Gasteiger partial charge in [-0.25, -0.2) is 4.79 Å². The van der Waals surface area contributed by atoms with Crippen molar-refractivity contribution in [3.8, 4) is 5.75 Å². The molecule has 2 rings (SSSR count). The minimum absolute atomic E-state index is 0.155. The van der Waals surface area contributed by atoms with Crippen molar-refractivity contribution in [3.05, 3.63) is 57.0 Å². The fraction of sp³-hybridized carbons (Fsp3) is 0. The summed E-state index contributed by atoms with van der Waals surface area (Å²) in [6.07, 6.45) is 0. The summed E-state index contributed by atoms with van der Waals surface area (Å²) in [5.74, 6) is -0.558. The molecular formula is C14H8Br2O3S2. The molecule has 1 N–H and O–H groups in total. The molecule has 0 saturated carbocycles. The van der Waals surface area contributed by atoms with Crippen LogP contribution in [0.3, 0.4) is 0 Å². The van der Waals surface area contributed by atoms with Crippen LogP contribution in [0.2, 0.25) is 0 Å². The molecule has 0 fully saturated rings. The van der Waals surface area contributed by atoms with Gasteiger partial charge in [0.1, 0.15) is 0 Å². The van der Waals surface area contributed by atoms with Gasteiger partial charge in [0.2, 0.25) is 4.38 Å². The van der Waals surface area contributed by atoms with Gasteiger partial charge in [0, 0.05) is 4.90 Å². The van der Waals surface area contributed by atoms with Crippen LogP contribution in [0.5, 0.6) is 5.75 Å². The van der Waals surface area contributed by atoms with E-state index in [-0.39, 0.29) is 5.56 Å². The molecule has 0 aliphatic rings. The largest absolute Gasteiger partial charge is 0.478 e. The Morgan fingerprint density at radius 1 is 1.14 bits per heavy atom. The van der Waals surface area contributed by atoms with Gasteiger partial charge in [-0.15, -0.1) is 0 Å². The van der Waals surface area contributed by atoms with Crippen LogP contribution in [0, 0.1) is 0 Å². The number of thiocarbonyl (C=S) groups is 1. The highest BCUT2D eigenvalue weighted by Gasteiger charge is 2.15. The molecular weight excluding hydrogens is 440 g/mol. The predicted octanol–water partition coefficient (Wildman–Crippen LogP) is 5.37. The Labute approximate surface area is 148 Å². The highest BCUT2D eigenvalue weighted by molar-refractivity contribution is 9.11. The van der Waals surface area contributed by atoms with Crippen LogP contribution in [0.15, 0.2) is 56.3 Å². The van der Waals surface area contributed by atoms with Crippen molar-refractivity contribution in [2.45, 2.75) is 4.90 Å². The first-order valence-electron chi connectivity index (χ1n) is 5.64. The third kappa shape index (κ3) is 4.54. The quantitative estimate of drug-likeness (QED) is 0.506. The highest BCUT2D eigenvalue weighted by Crippen LogP contribution is 2.36. The van der Waals surface area contributed by atoms with Gasteiger partial charge in [-0.3, -0.25) is 0 Å². The van der Waals surface area contributed by atoms with Crippen molar-refractivity contribution in [2.75, 3.05) is 0 Å². The molecule has 3 nitrogen and oxygen atoms in total. The summed E-state index contributed by atoms with van der Waals surface area (Å²) in [5, 5.41) is 8.99. The summed E-state index contributed by atoms with van der Waals surface area (Å²) in [6.45, 7) is 0. The SMILES string of the molecule is O=C(O)c1cc(Br)c(OC(=S)Sc2ccccc2)c(Br)c1. The van der Waals surface area contributed by atoms with Gasteiger partial charge in [-0.05, 0) is 80.1 Å². The number of benzene rings is 2. The molecule has 0 radical (unpaired) electrons. The van der Waals surface area contributed by atoms with Crippen molar-refractivity contribution >= 4 is 66.2 Å². The van der Waals surface area contributed by atoms with Gasteiger partial charge in [0.25, 0.3) is 0 Å². The lowest BCUT2D eigenvalue weighted by molar-refractivity contribution is 0.0696. The van der Waals surface area contributed by atoms with E-state index >= 15 is 0 Å². The standard InChI is InChI=1S/C14H8Br2O3S2/c15-10-6-8(13(17)18)7-11(16)12(10)19-14(20)21-9-4-2-1-3-5-9/h1-7H,(H,17,18). The second-order valence-corrected chi connectivity index (χ2v) is 7.23. The number of carboxylic acid groups (broad SMARTS) is 1. The van der Waals surface area contributed by atoms with E-state index in [1.54, 1.807) is 0 Å². The van der Waals surface area contributed by atoms with E-state index in [0.29, 0.717) is 19.1 Å². The molecule has 108 valence electrons. The number of rotatable bonds is 3. The van der Waals surface area contributed by atoms with Crippen molar-refractivity contribution in [1.82, 2.24) is 0 Å². The first-order valence-corrected chi connectivity index (χ1v) is 8.45. The molecule has 0 aliphatic heterocycles. The Bertz CT molecular complexity index is 667. The zero-order valence-electron chi connectivity index (χ0n) is 10.4. The molecule has 0 spiro atoms. The summed E-state index contributed by atoms with van der Waals surface area (Å²) in [4.78, 5) is 11.9. The van der Waals surface area contributed by atoms with Crippen LogP contribution < -0.4 is 4.74 Å². The molecule has 21 heavy (non-hydrogen) atoms. The Morgan fingerprint density at radius 3 is 2.24 bits per heavy atom. The molecule has 7 heteroatoms. The summed E-state index contributed by atoms with van der Waals surface area (Å²) in [6, 6.07) is 12.6. The van der Waals surface area contributed by atoms with Crippen molar-refractivity contribution < 1.29 is 14.6 Å². The number of thioether (sulfide) groups is 1. The van der Waals surface area contributed by atoms with E-state index < -0.39 is 5.97 Å². The normalized spacial score (nSPS) is 10.2. The van der Waals surface area contributed by atoms with Crippen LogP contribution >= 0.6 is 55.8 Å². The van der Waals surface area contributed by atoms with Gasteiger partial charge < -0.3 is 9.84 Å². The summed E-state index contributed by atoms with van der Waals surface area (Å²) in [7, 11) is 0. The predicted molar refractivity (Wildman–Crippen MR) is 94.3 cm³/mol. The molecule has 0 heterocycles. The monoisotopic (exact) mass is 446 g/mol. The minimum Gasteiger partial charge on any atom is -0.478 e. The summed E-state index contributed by atoms with van der Waals surface area (Å²) < 4.78 is 6.98. The average Bonchev–Trinajstić information content (AvgIpc) is 2.43. The smallest absolute Gasteiger partial charge is 0.335 e. The number of ether oxygens (including phenoxy) is 1. The fourth-order valence-electron chi connectivity index (χ4n) is 1.47. The number of carbonyl (C=O) groups is 1. The Hall–Kier alpha value is -0.890. The summed E-state index contributed by atoms with van der Waals surface area (Å²) >= 11 is 13.1. The van der Waals surface area contributed by atoms with E-state index in [1.807, 2.05) is 30.3 Å². The second kappa shape index (κ2) is 7.40. The van der Waals surface area contributed by atoms with Gasteiger partial charge in [0.05, 0.1) is 14.5 Å². The molecule has 2 aromatic carbocycles. The van der Waals surface area contributed by atoms with Crippen LogP contribution in [0.4, 0.5) is 0 Å². The number of halogens is 2. The van der Waals surface area contributed by atoms with Gasteiger partial charge in [0.15, 0.2) is 5.75 Å². The Kier molecular flexibility index (Phi) is 5.80. The molecule has 0 bridgehead atoms. The van der Waals surface area contributed by atoms with Gasteiger partial charge >= 0.3 is 5.97 Å². The molecule has 0 unspecified atom stereocenters. The maximum Gasteiger partial charge on any atom is 0.335 e. The highest BCUT2D eigenvalue weighted by atomic mass is 79.9. The molecule has 2 aromatic rings. The van der Waals surface area contributed by atoms with Crippen LogP contribution in [0.25, 0.3) is 0 Å². The lowest BCUT2D eigenvalue weighted by Crippen LogP contribution is -2.03. The zero-order chi connectivity index (χ0) is 15.4. The van der Waals surface area contributed by atoms with Crippen LogP contribution in [-0.2, 0) is 0 Å². The maximum absolute atomic E-state index is 11.0. The minimum atomic E-state index is -1.01. The van der Waals surface area contributed by atoms with Crippen molar-refractivity contribution in [3.63, 3.8) is 0 Å². The van der Waals surface area contributed by atoms with E-state index in [9.17, 15) is 4.79 Å². The first kappa shape index (κ1) is 16.5. The Morgan fingerprint density at radius 2 is 1.71 bits per heavy atom. The number of carboxylic acids is 1. The van der Waals surface area contributed by atoms with Crippen LogP contribution in [0.1, 0.15) is 10.4 Å². The van der Waals surface area contributed by atoms with E-state index in [1.165, 1.54) is 23.9 Å². The molecule has 0 amide bonds. The average molecular weight is 448 g/mol. The molecule has 0 saturated heterocycles. The van der Waals surface area contributed by atoms with E-state index in [0.717, 1.165) is 4.90 Å². The lowest BCUT2D eigenvalue weighted by atomic mass is 10.2. The topological polar surface area (TPSA) is 46.5 Å². The lowest BCUT2D eigenvalue weighted by Gasteiger charge is -2.11.